The van der Waals surface area contributed by atoms with Gasteiger partial charge in [0, 0.05) is 11.6 Å². The van der Waals surface area contributed by atoms with Crippen LogP contribution in [0.1, 0.15) is 16.4 Å². The Labute approximate surface area is 113 Å². The fourth-order valence-corrected chi connectivity index (χ4v) is 1.81. The number of nitrogens with zero attached hydrogens (tertiary/aromatic N) is 2. The van der Waals surface area contributed by atoms with Crippen molar-refractivity contribution in [1.82, 2.24) is 9.97 Å². The number of rotatable bonds is 4. The van der Waals surface area contributed by atoms with Gasteiger partial charge in [0.15, 0.2) is 12.3 Å². The standard InChI is InChI=1S/C14H10N2O4/c17-14(18)10-7-20-12(16-10)8-19-11-5-1-3-9-4-2-6-15-13(9)11/h1-7H,8H2,(H,17,18). The van der Waals surface area contributed by atoms with Crippen molar-refractivity contribution in [3.63, 3.8) is 0 Å². The van der Waals surface area contributed by atoms with E-state index in [1.165, 1.54) is 0 Å². The molecule has 6 heteroatoms. The van der Waals surface area contributed by atoms with E-state index in [1.54, 1.807) is 12.3 Å². The number of benzene rings is 1. The van der Waals surface area contributed by atoms with Crippen molar-refractivity contribution in [2.24, 2.45) is 0 Å². The van der Waals surface area contributed by atoms with Crippen molar-refractivity contribution >= 4 is 16.9 Å². The van der Waals surface area contributed by atoms with Crippen LogP contribution in [-0.4, -0.2) is 21.0 Å². The van der Waals surface area contributed by atoms with Crippen molar-refractivity contribution < 1.29 is 19.1 Å². The Morgan fingerprint density at radius 2 is 2.15 bits per heavy atom. The minimum Gasteiger partial charge on any atom is -0.482 e. The highest BCUT2D eigenvalue weighted by molar-refractivity contribution is 5.85. The van der Waals surface area contributed by atoms with Crippen molar-refractivity contribution in [2.75, 3.05) is 0 Å². The van der Waals surface area contributed by atoms with Crippen LogP contribution in [0, 0.1) is 0 Å². The predicted molar refractivity (Wildman–Crippen MR) is 69.5 cm³/mol. The lowest BCUT2D eigenvalue weighted by Crippen LogP contribution is -2.00. The van der Waals surface area contributed by atoms with Crippen molar-refractivity contribution in [3.8, 4) is 5.75 Å². The van der Waals surface area contributed by atoms with Gasteiger partial charge in [0.25, 0.3) is 0 Å². The van der Waals surface area contributed by atoms with E-state index in [4.69, 9.17) is 14.3 Å². The summed E-state index contributed by atoms with van der Waals surface area (Å²) in [6.07, 6.45) is 2.77. The molecule has 0 atom stereocenters. The number of carboxylic acid groups (broad SMARTS) is 1. The molecule has 0 spiro atoms. The van der Waals surface area contributed by atoms with E-state index in [2.05, 4.69) is 9.97 Å². The number of fused-ring (bicyclic) bond motifs is 1. The largest absolute Gasteiger partial charge is 0.482 e. The number of pyridine rings is 1. The molecule has 0 aliphatic heterocycles. The summed E-state index contributed by atoms with van der Waals surface area (Å²) in [5.74, 6) is -0.333. The Hall–Kier alpha value is -2.89. The van der Waals surface area contributed by atoms with Crippen LogP contribution < -0.4 is 4.74 Å². The van der Waals surface area contributed by atoms with E-state index >= 15 is 0 Å². The minimum absolute atomic E-state index is 0.0446. The summed E-state index contributed by atoms with van der Waals surface area (Å²) in [5, 5.41) is 9.71. The fraction of sp³-hybridized carbons (Fsp3) is 0.0714. The first-order valence-corrected chi connectivity index (χ1v) is 5.88. The molecule has 100 valence electrons. The third-order valence-electron chi connectivity index (χ3n) is 2.72. The summed E-state index contributed by atoms with van der Waals surface area (Å²) in [6, 6.07) is 9.36. The number of oxazole rings is 1. The average Bonchev–Trinajstić information content (AvgIpc) is 2.94. The molecule has 1 N–H and O–H groups in total. The monoisotopic (exact) mass is 270 g/mol. The maximum atomic E-state index is 10.7. The molecule has 0 bridgehead atoms. The van der Waals surface area contributed by atoms with E-state index in [0.717, 1.165) is 17.2 Å². The Morgan fingerprint density at radius 1 is 1.30 bits per heavy atom. The third kappa shape index (κ3) is 2.31. The summed E-state index contributed by atoms with van der Waals surface area (Å²) in [5.41, 5.74) is 0.597. The molecule has 2 heterocycles. The van der Waals surface area contributed by atoms with Gasteiger partial charge in [-0.25, -0.2) is 9.78 Å². The van der Waals surface area contributed by atoms with Gasteiger partial charge in [-0.15, -0.1) is 0 Å². The van der Waals surface area contributed by atoms with E-state index in [-0.39, 0.29) is 18.2 Å². The quantitative estimate of drug-likeness (QED) is 0.783. The Morgan fingerprint density at radius 3 is 2.95 bits per heavy atom. The van der Waals surface area contributed by atoms with E-state index in [9.17, 15) is 4.79 Å². The van der Waals surface area contributed by atoms with Gasteiger partial charge < -0.3 is 14.3 Å². The van der Waals surface area contributed by atoms with Crippen LogP contribution >= 0.6 is 0 Å². The smallest absolute Gasteiger partial charge is 0.357 e. The van der Waals surface area contributed by atoms with Crippen LogP contribution in [0.2, 0.25) is 0 Å². The van der Waals surface area contributed by atoms with Crippen LogP contribution in [0.3, 0.4) is 0 Å². The van der Waals surface area contributed by atoms with Crippen LogP contribution in [0.15, 0.2) is 47.2 Å². The highest BCUT2D eigenvalue weighted by atomic mass is 16.5. The fourth-order valence-electron chi connectivity index (χ4n) is 1.81. The zero-order valence-corrected chi connectivity index (χ0v) is 10.3. The lowest BCUT2D eigenvalue weighted by atomic mass is 10.2. The van der Waals surface area contributed by atoms with Crippen molar-refractivity contribution in [2.45, 2.75) is 6.61 Å². The molecule has 0 fully saturated rings. The highest BCUT2D eigenvalue weighted by Gasteiger charge is 2.11. The molecule has 0 saturated carbocycles. The number of ether oxygens (including phenoxy) is 1. The molecule has 1 aromatic carbocycles. The average molecular weight is 270 g/mol. The zero-order valence-electron chi connectivity index (χ0n) is 10.3. The maximum Gasteiger partial charge on any atom is 0.357 e. The van der Waals surface area contributed by atoms with Gasteiger partial charge in [0.1, 0.15) is 17.5 Å². The van der Waals surface area contributed by atoms with Gasteiger partial charge in [-0.1, -0.05) is 18.2 Å². The van der Waals surface area contributed by atoms with Gasteiger partial charge in [-0.05, 0) is 12.1 Å². The summed E-state index contributed by atoms with van der Waals surface area (Å²) < 4.78 is 10.6. The maximum absolute atomic E-state index is 10.7. The Kier molecular flexibility index (Phi) is 3.04. The van der Waals surface area contributed by atoms with Crippen LogP contribution in [0.5, 0.6) is 5.75 Å². The number of hydrogen-bond acceptors (Lipinski definition) is 5. The summed E-state index contributed by atoms with van der Waals surface area (Å²) >= 11 is 0. The van der Waals surface area contributed by atoms with Gasteiger partial charge in [-0.3, -0.25) is 4.98 Å². The first kappa shape index (κ1) is 12.2. The van der Waals surface area contributed by atoms with Crippen LogP contribution in [-0.2, 0) is 6.61 Å². The van der Waals surface area contributed by atoms with Gasteiger partial charge in [-0.2, -0.15) is 0 Å². The Balaban J connectivity index is 1.81. The number of carboxylic acids is 1. The molecule has 20 heavy (non-hydrogen) atoms. The lowest BCUT2D eigenvalue weighted by Gasteiger charge is -2.06. The molecule has 0 radical (unpaired) electrons. The second-order valence-corrected chi connectivity index (χ2v) is 4.05. The summed E-state index contributed by atoms with van der Waals surface area (Å²) in [4.78, 5) is 18.7. The van der Waals surface area contributed by atoms with E-state index in [1.807, 2.05) is 24.3 Å². The lowest BCUT2D eigenvalue weighted by molar-refractivity contribution is 0.0690. The van der Waals surface area contributed by atoms with Gasteiger partial charge in [0.05, 0.1) is 0 Å². The van der Waals surface area contributed by atoms with E-state index in [0.29, 0.717) is 5.75 Å². The van der Waals surface area contributed by atoms with Crippen LogP contribution in [0.4, 0.5) is 0 Å². The third-order valence-corrected chi connectivity index (χ3v) is 2.72. The molecule has 2 aromatic heterocycles. The number of hydrogen-bond donors (Lipinski definition) is 1. The number of para-hydroxylation sites is 1. The first-order valence-electron chi connectivity index (χ1n) is 5.88. The van der Waals surface area contributed by atoms with Crippen molar-refractivity contribution in [1.29, 1.82) is 0 Å². The molecule has 0 unspecified atom stereocenters. The van der Waals surface area contributed by atoms with Crippen LogP contribution in [0.25, 0.3) is 10.9 Å². The first-order chi connectivity index (χ1) is 9.74. The number of aromatic nitrogens is 2. The normalized spacial score (nSPS) is 10.6. The van der Waals surface area contributed by atoms with Crippen molar-refractivity contribution in [3.05, 3.63) is 54.4 Å². The second kappa shape index (κ2) is 5.00. The Bertz CT molecular complexity index is 761. The molecule has 0 amide bonds. The predicted octanol–water partition coefficient (Wildman–Crippen LogP) is 2.50. The summed E-state index contributed by atoms with van der Waals surface area (Å²) in [7, 11) is 0. The molecule has 0 saturated heterocycles. The molecular formula is C14H10N2O4. The molecule has 0 aliphatic rings. The zero-order chi connectivity index (χ0) is 13.9. The van der Waals surface area contributed by atoms with Gasteiger partial charge >= 0.3 is 5.97 Å². The molecule has 6 nitrogen and oxygen atoms in total. The van der Waals surface area contributed by atoms with E-state index < -0.39 is 5.97 Å². The number of carbonyl (C=O) groups is 1. The number of aromatic carboxylic acids is 1. The van der Waals surface area contributed by atoms with Gasteiger partial charge in [0.2, 0.25) is 5.89 Å². The second-order valence-electron chi connectivity index (χ2n) is 4.05. The SMILES string of the molecule is O=C(O)c1coc(COc2cccc3cccnc23)n1. The molecule has 3 aromatic rings. The highest BCUT2D eigenvalue weighted by Crippen LogP contribution is 2.23. The minimum atomic E-state index is -1.13. The summed E-state index contributed by atoms with van der Waals surface area (Å²) in [6.45, 7) is 0.0446. The molecule has 0 aliphatic carbocycles. The molecular weight excluding hydrogens is 260 g/mol. The molecule has 3 rings (SSSR count). The topological polar surface area (TPSA) is 85.5 Å².